The van der Waals surface area contributed by atoms with E-state index in [0.29, 0.717) is 18.0 Å². The second kappa shape index (κ2) is 6.54. The smallest absolute Gasteiger partial charge is 0.257 e. The van der Waals surface area contributed by atoms with Crippen molar-refractivity contribution in [3.8, 4) is 0 Å². The zero-order valence-electron chi connectivity index (χ0n) is 11.8. The monoisotopic (exact) mass is 252 g/mol. The van der Waals surface area contributed by atoms with Gasteiger partial charge in [-0.05, 0) is 25.8 Å². The highest BCUT2D eigenvalue weighted by atomic mass is 16.2. The standard InChI is InChI=1S/C13H24N4O/c1-10(2)9-16(4)13(18)12-8-15-17(11(12)3)7-5-6-14/h8,10H,5-7,9,14H2,1-4H3. The third kappa shape index (κ3) is 3.57. The first-order valence-electron chi connectivity index (χ1n) is 6.45. The fourth-order valence-electron chi connectivity index (χ4n) is 1.96. The average Bonchev–Trinajstić information content (AvgIpc) is 2.66. The second-order valence-electron chi connectivity index (χ2n) is 5.09. The van der Waals surface area contributed by atoms with Gasteiger partial charge in [-0.25, -0.2) is 0 Å². The predicted molar refractivity (Wildman–Crippen MR) is 72.4 cm³/mol. The van der Waals surface area contributed by atoms with Crippen LogP contribution in [0, 0.1) is 12.8 Å². The van der Waals surface area contributed by atoms with Crippen molar-refractivity contribution in [2.75, 3.05) is 20.1 Å². The molecule has 18 heavy (non-hydrogen) atoms. The van der Waals surface area contributed by atoms with Crippen molar-refractivity contribution in [1.29, 1.82) is 0 Å². The Balaban J connectivity index is 2.77. The Bertz CT molecular complexity index is 398. The first kappa shape index (κ1) is 14.7. The van der Waals surface area contributed by atoms with Crippen molar-refractivity contribution in [2.45, 2.75) is 33.7 Å². The Morgan fingerprint density at radius 3 is 2.78 bits per heavy atom. The van der Waals surface area contributed by atoms with Gasteiger partial charge in [-0.3, -0.25) is 9.48 Å². The third-order valence-electron chi connectivity index (χ3n) is 2.89. The molecule has 0 spiro atoms. The van der Waals surface area contributed by atoms with Gasteiger partial charge in [0.25, 0.3) is 5.91 Å². The SMILES string of the molecule is Cc1c(C(=O)N(C)CC(C)C)cnn1CCCN. The Morgan fingerprint density at radius 2 is 2.22 bits per heavy atom. The van der Waals surface area contributed by atoms with Gasteiger partial charge in [0.2, 0.25) is 0 Å². The van der Waals surface area contributed by atoms with Gasteiger partial charge in [0.15, 0.2) is 0 Å². The molecule has 0 bridgehead atoms. The van der Waals surface area contributed by atoms with Crippen LogP contribution in [0.1, 0.15) is 36.3 Å². The largest absolute Gasteiger partial charge is 0.341 e. The average molecular weight is 252 g/mol. The zero-order valence-corrected chi connectivity index (χ0v) is 11.8. The van der Waals surface area contributed by atoms with E-state index in [9.17, 15) is 4.79 Å². The maximum absolute atomic E-state index is 12.2. The van der Waals surface area contributed by atoms with E-state index in [2.05, 4.69) is 18.9 Å². The molecule has 0 saturated heterocycles. The summed E-state index contributed by atoms with van der Waals surface area (Å²) < 4.78 is 1.85. The van der Waals surface area contributed by atoms with Crippen LogP contribution in [0.2, 0.25) is 0 Å². The van der Waals surface area contributed by atoms with Crippen LogP contribution in [0.4, 0.5) is 0 Å². The van der Waals surface area contributed by atoms with E-state index in [1.165, 1.54) is 0 Å². The van der Waals surface area contributed by atoms with Gasteiger partial charge >= 0.3 is 0 Å². The van der Waals surface area contributed by atoms with E-state index in [-0.39, 0.29) is 5.91 Å². The zero-order chi connectivity index (χ0) is 13.7. The number of aryl methyl sites for hydroxylation is 1. The molecule has 0 aliphatic rings. The lowest BCUT2D eigenvalue weighted by Gasteiger charge is -2.19. The van der Waals surface area contributed by atoms with Gasteiger partial charge in [0.05, 0.1) is 11.8 Å². The highest BCUT2D eigenvalue weighted by Crippen LogP contribution is 2.11. The summed E-state index contributed by atoms with van der Waals surface area (Å²) in [7, 11) is 1.83. The van der Waals surface area contributed by atoms with Crippen LogP contribution in [0.15, 0.2) is 6.20 Å². The van der Waals surface area contributed by atoms with Crippen LogP contribution >= 0.6 is 0 Å². The van der Waals surface area contributed by atoms with Gasteiger partial charge in [-0.15, -0.1) is 0 Å². The molecular weight excluding hydrogens is 228 g/mol. The fraction of sp³-hybridized carbons (Fsp3) is 0.692. The molecule has 102 valence electrons. The molecule has 5 heteroatoms. The van der Waals surface area contributed by atoms with Crippen LogP contribution in [-0.2, 0) is 6.54 Å². The minimum atomic E-state index is 0.0419. The number of carbonyl (C=O) groups excluding carboxylic acids is 1. The van der Waals surface area contributed by atoms with Crippen molar-refractivity contribution < 1.29 is 4.79 Å². The van der Waals surface area contributed by atoms with E-state index in [4.69, 9.17) is 5.73 Å². The molecule has 1 aromatic rings. The summed E-state index contributed by atoms with van der Waals surface area (Å²) in [5, 5.41) is 4.25. The predicted octanol–water partition coefficient (Wildman–Crippen LogP) is 1.27. The molecule has 0 fully saturated rings. The summed E-state index contributed by atoms with van der Waals surface area (Å²) in [5.74, 6) is 0.506. The molecule has 2 N–H and O–H groups in total. The van der Waals surface area contributed by atoms with Crippen LogP contribution < -0.4 is 5.73 Å². The molecule has 0 radical (unpaired) electrons. The van der Waals surface area contributed by atoms with Crippen molar-refractivity contribution >= 4 is 5.91 Å². The van der Waals surface area contributed by atoms with Gasteiger partial charge in [-0.1, -0.05) is 13.8 Å². The van der Waals surface area contributed by atoms with Crippen LogP contribution in [0.25, 0.3) is 0 Å². The molecule has 0 atom stereocenters. The Labute approximate surface area is 109 Å². The normalized spacial score (nSPS) is 11.0. The topological polar surface area (TPSA) is 64.2 Å². The Kier molecular flexibility index (Phi) is 5.34. The lowest BCUT2D eigenvalue weighted by atomic mass is 10.2. The molecule has 1 aromatic heterocycles. The number of nitrogens with two attached hydrogens (primary N) is 1. The van der Waals surface area contributed by atoms with Crippen molar-refractivity contribution in [2.24, 2.45) is 11.7 Å². The second-order valence-corrected chi connectivity index (χ2v) is 5.09. The maximum atomic E-state index is 12.2. The maximum Gasteiger partial charge on any atom is 0.257 e. The lowest BCUT2D eigenvalue weighted by molar-refractivity contribution is 0.0778. The highest BCUT2D eigenvalue weighted by Gasteiger charge is 2.18. The number of amides is 1. The van der Waals surface area contributed by atoms with Crippen molar-refractivity contribution in [3.63, 3.8) is 0 Å². The van der Waals surface area contributed by atoms with Crippen molar-refractivity contribution in [1.82, 2.24) is 14.7 Å². The summed E-state index contributed by atoms with van der Waals surface area (Å²) in [6, 6.07) is 0. The molecule has 1 heterocycles. The van der Waals surface area contributed by atoms with Gasteiger partial charge < -0.3 is 10.6 Å². The molecule has 1 rings (SSSR count). The number of rotatable bonds is 6. The van der Waals surface area contributed by atoms with Gasteiger partial charge in [-0.2, -0.15) is 5.10 Å². The molecule has 5 nitrogen and oxygen atoms in total. The molecule has 0 aromatic carbocycles. The molecule has 0 aliphatic carbocycles. The van der Waals surface area contributed by atoms with E-state index in [1.54, 1.807) is 11.1 Å². The summed E-state index contributed by atoms with van der Waals surface area (Å²) in [6.07, 6.45) is 2.53. The number of nitrogens with zero attached hydrogens (tertiary/aromatic N) is 3. The number of carbonyl (C=O) groups is 1. The third-order valence-corrected chi connectivity index (χ3v) is 2.89. The van der Waals surface area contributed by atoms with Crippen LogP contribution in [0.3, 0.4) is 0 Å². The summed E-state index contributed by atoms with van der Waals surface area (Å²) in [4.78, 5) is 14.0. The molecular formula is C13H24N4O. The fourth-order valence-corrected chi connectivity index (χ4v) is 1.96. The Morgan fingerprint density at radius 1 is 1.56 bits per heavy atom. The van der Waals surface area contributed by atoms with Crippen molar-refractivity contribution in [3.05, 3.63) is 17.5 Å². The van der Waals surface area contributed by atoms with Crippen LogP contribution in [0.5, 0.6) is 0 Å². The van der Waals surface area contributed by atoms with Crippen LogP contribution in [-0.4, -0.2) is 40.7 Å². The quantitative estimate of drug-likeness (QED) is 0.829. The highest BCUT2D eigenvalue weighted by molar-refractivity contribution is 5.94. The molecule has 0 aliphatic heterocycles. The lowest BCUT2D eigenvalue weighted by Crippen LogP contribution is -2.30. The summed E-state index contributed by atoms with van der Waals surface area (Å²) in [5.41, 5.74) is 7.09. The summed E-state index contributed by atoms with van der Waals surface area (Å²) >= 11 is 0. The number of hydrogen-bond acceptors (Lipinski definition) is 3. The first-order valence-corrected chi connectivity index (χ1v) is 6.45. The molecule has 1 amide bonds. The number of hydrogen-bond donors (Lipinski definition) is 1. The van der Waals surface area contributed by atoms with Gasteiger partial charge in [0, 0.05) is 25.8 Å². The van der Waals surface area contributed by atoms with E-state index in [0.717, 1.165) is 25.2 Å². The summed E-state index contributed by atoms with van der Waals surface area (Å²) in [6.45, 7) is 8.29. The minimum absolute atomic E-state index is 0.0419. The molecule has 0 unspecified atom stereocenters. The van der Waals surface area contributed by atoms with E-state index in [1.807, 2.05) is 18.7 Å². The van der Waals surface area contributed by atoms with E-state index >= 15 is 0 Å². The molecule has 0 saturated carbocycles. The number of aromatic nitrogens is 2. The minimum Gasteiger partial charge on any atom is -0.341 e. The van der Waals surface area contributed by atoms with Gasteiger partial charge in [0.1, 0.15) is 0 Å². The van der Waals surface area contributed by atoms with E-state index < -0.39 is 0 Å². The Hall–Kier alpha value is -1.36. The first-order chi connectivity index (χ1) is 8.47.